The Kier molecular flexibility index (Phi) is 5.78. The number of nitrogens with zero attached hydrogens (tertiary/aromatic N) is 1. The van der Waals surface area contributed by atoms with Crippen molar-refractivity contribution in [2.75, 3.05) is 20.3 Å². The van der Waals surface area contributed by atoms with Crippen LogP contribution in [0.2, 0.25) is 0 Å². The molecule has 1 N–H and O–H groups in total. The number of oxazole rings is 1. The first-order chi connectivity index (χ1) is 10.1. The first kappa shape index (κ1) is 16.0. The van der Waals surface area contributed by atoms with Crippen LogP contribution >= 0.6 is 11.8 Å². The molecule has 6 heteroatoms. The molecule has 0 bridgehead atoms. The maximum atomic E-state index is 14.1. The number of halogens is 1. The lowest BCUT2D eigenvalue weighted by Gasteiger charge is -2.09. The van der Waals surface area contributed by atoms with E-state index in [4.69, 9.17) is 9.15 Å². The Bertz CT molecular complexity index is 582. The summed E-state index contributed by atoms with van der Waals surface area (Å²) in [6.07, 6.45) is 0. The zero-order valence-electron chi connectivity index (χ0n) is 12.4. The molecule has 21 heavy (non-hydrogen) atoms. The number of aryl methyl sites for hydroxylation is 2. The molecule has 4 nitrogen and oxygen atoms in total. The number of rotatable bonds is 7. The van der Waals surface area contributed by atoms with E-state index in [-0.39, 0.29) is 5.82 Å². The van der Waals surface area contributed by atoms with Crippen LogP contribution in [0.1, 0.15) is 17.0 Å². The van der Waals surface area contributed by atoms with Crippen molar-refractivity contribution in [3.05, 3.63) is 41.0 Å². The second-order valence-electron chi connectivity index (χ2n) is 4.62. The molecule has 0 unspecified atom stereocenters. The quantitative estimate of drug-likeness (QED) is 0.795. The van der Waals surface area contributed by atoms with Gasteiger partial charge in [-0.2, -0.15) is 0 Å². The van der Waals surface area contributed by atoms with Crippen LogP contribution in [0, 0.1) is 19.7 Å². The second-order valence-corrected chi connectivity index (χ2v) is 5.58. The summed E-state index contributed by atoms with van der Waals surface area (Å²) in [5.41, 5.74) is 1.71. The summed E-state index contributed by atoms with van der Waals surface area (Å²) in [5, 5.41) is 3.68. The van der Waals surface area contributed by atoms with Gasteiger partial charge in [0.15, 0.2) is 0 Å². The summed E-state index contributed by atoms with van der Waals surface area (Å²) >= 11 is 1.22. The highest BCUT2D eigenvalue weighted by Gasteiger charge is 2.14. The molecule has 0 aliphatic rings. The molecule has 2 aromatic rings. The van der Waals surface area contributed by atoms with E-state index in [1.165, 1.54) is 17.8 Å². The standard InChI is InChI=1S/C15H19FN2O2S/c1-10-11(2)20-15(18-10)21-14-12(5-4-6-13(14)16)9-17-7-8-19-3/h4-6,17H,7-9H2,1-3H3. The van der Waals surface area contributed by atoms with Gasteiger partial charge in [-0.15, -0.1) is 0 Å². The number of aromatic nitrogens is 1. The van der Waals surface area contributed by atoms with Crippen LogP contribution in [0.4, 0.5) is 4.39 Å². The normalized spacial score (nSPS) is 11.0. The fourth-order valence-corrected chi connectivity index (χ4v) is 2.74. The van der Waals surface area contributed by atoms with Gasteiger partial charge in [0.25, 0.3) is 5.22 Å². The topological polar surface area (TPSA) is 47.3 Å². The van der Waals surface area contributed by atoms with Crippen LogP contribution in [0.15, 0.2) is 32.7 Å². The van der Waals surface area contributed by atoms with E-state index in [1.54, 1.807) is 13.2 Å². The Labute approximate surface area is 128 Å². The smallest absolute Gasteiger partial charge is 0.261 e. The average Bonchev–Trinajstić information content (AvgIpc) is 2.77. The van der Waals surface area contributed by atoms with Crippen LogP contribution in [0.5, 0.6) is 0 Å². The van der Waals surface area contributed by atoms with Crippen molar-refractivity contribution in [3.8, 4) is 0 Å². The monoisotopic (exact) mass is 310 g/mol. The molecular weight excluding hydrogens is 291 g/mol. The molecule has 0 fully saturated rings. The molecule has 0 amide bonds. The van der Waals surface area contributed by atoms with Gasteiger partial charge in [-0.05, 0) is 37.2 Å². The van der Waals surface area contributed by atoms with Gasteiger partial charge in [-0.3, -0.25) is 0 Å². The summed E-state index contributed by atoms with van der Waals surface area (Å²) in [7, 11) is 1.65. The van der Waals surface area contributed by atoms with Crippen molar-refractivity contribution in [2.45, 2.75) is 30.5 Å². The molecule has 0 saturated heterocycles. The van der Waals surface area contributed by atoms with Crippen molar-refractivity contribution >= 4 is 11.8 Å². The maximum Gasteiger partial charge on any atom is 0.261 e. The highest BCUT2D eigenvalue weighted by atomic mass is 32.2. The minimum atomic E-state index is -0.264. The van der Waals surface area contributed by atoms with Crippen molar-refractivity contribution in [3.63, 3.8) is 0 Å². The summed E-state index contributed by atoms with van der Waals surface area (Å²) in [6, 6.07) is 5.05. The number of hydrogen-bond acceptors (Lipinski definition) is 5. The first-order valence-corrected chi connectivity index (χ1v) is 7.52. The molecule has 1 aromatic carbocycles. The zero-order valence-corrected chi connectivity index (χ0v) is 13.2. The van der Waals surface area contributed by atoms with Crippen LogP contribution in [-0.4, -0.2) is 25.2 Å². The van der Waals surface area contributed by atoms with Crippen LogP contribution in [0.3, 0.4) is 0 Å². The fraction of sp³-hybridized carbons (Fsp3) is 0.400. The Morgan fingerprint density at radius 1 is 1.38 bits per heavy atom. The lowest BCUT2D eigenvalue weighted by Crippen LogP contribution is -2.19. The summed E-state index contributed by atoms with van der Waals surface area (Å²) < 4.78 is 24.6. The van der Waals surface area contributed by atoms with E-state index in [2.05, 4.69) is 10.3 Å². The fourth-order valence-electron chi connectivity index (χ4n) is 1.78. The first-order valence-electron chi connectivity index (χ1n) is 6.70. The number of methoxy groups -OCH3 is 1. The van der Waals surface area contributed by atoms with Crippen molar-refractivity contribution in [1.82, 2.24) is 10.3 Å². The van der Waals surface area contributed by atoms with E-state index in [9.17, 15) is 4.39 Å². The minimum Gasteiger partial charge on any atom is -0.436 e. The predicted octanol–water partition coefficient (Wildman–Crippen LogP) is 3.32. The van der Waals surface area contributed by atoms with Crippen molar-refractivity contribution in [1.29, 1.82) is 0 Å². The van der Waals surface area contributed by atoms with E-state index in [1.807, 2.05) is 19.9 Å². The molecule has 0 aliphatic heterocycles. The van der Waals surface area contributed by atoms with Crippen LogP contribution < -0.4 is 5.32 Å². The molecule has 0 radical (unpaired) electrons. The summed E-state index contributed by atoms with van der Waals surface area (Å²) in [5.74, 6) is 0.494. The SMILES string of the molecule is COCCNCc1cccc(F)c1Sc1nc(C)c(C)o1. The Morgan fingerprint density at radius 2 is 2.19 bits per heavy atom. The summed E-state index contributed by atoms with van der Waals surface area (Å²) in [6.45, 7) is 5.63. The molecule has 114 valence electrons. The van der Waals surface area contributed by atoms with Gasteiger partial charge < -0.3 is 14.5 Å². The highest BCUT2D eigenvalue weighted by molar-refractivity contribution is 7.99. The third-order valence-corrected chi connectivity index (χ3v) is 4.06. The molecule has 2 rings (SSSR count). The van der Waals surface area contributed by atoms with Gasteiger partial charge >= 0.3 is 0 Å². The van der Waals surface area contributed by atoms with Crippen LogP contribution in [0.25, 0.3) is 0 Å². The van der Waals surface area contributed by atoms with Gasteiger partial charge in [0.05, 0.1) is 17.2 Å². The minimum absolute atomic E-state index is 0.264. The van der Waals surface area contributed by atoms with Crippen molar-refractivity contribution in [2.24, 2.45) is 0 Å². The summed E-state index contributed by atoms with van der Waals surface area (Å²) in [4.78, 5) is 4.83. The molecule has 1 heterocycles. The Hall–Kier alpha value is -1.37. The zero-order chi connectivity index (χ0) is 15.2. The van der Waals surface area contributed by atoms with Gasteiger partial charge in [0, 0.05) is 20.2 Å². The number of nitrogens with one attached hydrogen (secondary N) is 1. The van der Waals surface area contributed by atoms with E-state index >= 15 is 0 Å². The lowest BCUT2D eigenvalue weighted by atomic mass is 10.2. The predicted molar refractivity (Wildman–Crippen MR) is 80.1 cm³/mol. The Balaban J connectivity index is 2.13. The molecular formula is C15H19FN2O2S. The molecule has 0 spiro atoms. The lowest BCUT2D eigenvalue weighted by molar-refractivity contribution is 0.199. The van der Waals surface area contributed by atoms with E-state index in [0.717, 1.165) is 17.0 Å². The van der Waals surface area contributed by atoms with Gasteiger partial charge in [0.2, 0.25) is 0 Å². The molecule has 0 aliphatic carbocycles. The molecule has 0 atom stereocenters. The molecule has 0 saturated carbocycles. The second kappa shape index (κ2) is 7.59. The van der Waals surface area contributed by atoms with Gasteiger partial charge in [-0.25, -0.2) is 9.37 Å². The number of ether oxygens (including phenoxy) is 1. The third-order valence-electron chi connectivity index (χ3n) is 3.05. The molecule has 1 aromatic heterocycles. The van der Waals surface area contributed by atoms with Crippen LogP contribution in [-0.2, 0) is 11.3 Å². The highest BCUT2D eigenvalue weighted by Crippen LogP contribution is 2.33. The number of hydrogen-bond donors (Lipinski definition) is 1. The van der Waals surface area contributed by atoms with E-state index < -0.39 is 0 Å². The number of benzene rings is 1. The maximum absolute atomic E-state index is 14.1. The van der Waals surface area contributed by atoms with Gasteiger partial charge in [0.1, 0.15) is 11.6 Å². The average molecular weight is 310 g/mol. The van der Waals surface area contributed by atoms with Crippen molar-refractivity contribution < 1.29 is 13.5 Å². The third kappa shape index (κ3) is 4.30. The largest absolute Gasteiger partial charge is 0.436 e. The Morgan fingerprint density at radius 3 is 2.86 bits per heavy atom. The van der Waals surface area contributed by atoms with Gasteiger partial charge in [-0.1, -0.05) is 12.1 Å². The van der Waals surface area contributed by atoms with E-state index in [0.29, 0.717) is 29.8 Å².